The third-order valence-corrected chi connectivity index (χ3v) is 14.4. The van der Waals surface area contributed by atoms with Crippen LogP contribution in [-0.4, -0.2) is 89.2 Å². The minimum atomic E-state index is -1.91. The van der Waals surface area contributed by atoms with E-state index in [0.29, 0.717) is 19.3 Å². The Kier molecular flexibility index (Phi) is 49.7. The van der Waals surface area contributed by atoms with E-state index in [4.69, 9.17) is 23.7 Å². The van der Waals surface area contributed by atoms with E-state index in [1.165, 1.54) is 122 Å². The number of carbonyl (C=O) groups is 4. The summed E-state index contributed by atoms with van der Waals surface area (Å²) in [4.78, 5) is 51.2. The van der Waals surface area contributed by atoms with Gasteiger partial charge < -0.3 is 39.0 Å². The number of carboxylic acids is 1. The van der Waals surface area contributed by atoms with Gasteiger partial charge in [-0.2, -0.15) is 0 Å². The lowest BCUT2D eigenvalue weighted by atomic mass is 9.98. The summed E-state index contributed by atoms with van der Waals surface area (Å²) in [5.41, 5.74) is 0. The Morgan fingerprint density at radius 3 is 1.19 bits per heavy atom. The standard InChI is InChI=1S/C65H114O12/c1-4-7-10-13-16-19-22-25-28-29-32-33-36-39-42-45-48-51-57(66)73-54-56(75-58(67)52-49-46-43-40-37-34-30-26-23-20-17-14-11-8-5-2)55-74-65-63(61(70)60(69)62(77-65)64(71)72)76-59(68)53-50-47-44-41-38-35-31-27-24-21-18-15-12-9-6-3/h17-18,20-21,26-27,30-31,56,60-63,65,69-70H,4-16,19,22-25,28-29,32-55H2,1-3H3,(H,71,72)/b20-17-,21-18-,30-26-,31-27-. The van der Waals surface area contributed by atoms with Crippen molar-refractivity contribution in [1.29, 1.82) is 0 Å². The van der Waals surface area contributed by atoms with Crippen molar-refractivity contribution in [3.63, 3.8) is 0 Å². The van der Waals surface area contributed by atoms with Crippen LogP contribution in [0, 0.1) is 0 Å². The summed E-state index contributed by atoms with van der Waals surface area (Å²) in [6.45, 7) is 5.96. The van der Waals surface area contributed by atoms with Crippen LogP contribution in [0.1, 0.15) is 290 Å². The maximum Gasteiger partial charge on any atom is 0.335 e. The second-order valence-electron chi connectivity index (χ2n) is 21.7. The topological polar surface area (TPSA) is 175 Å². The van der Waals surface area contributed by atoms with Gasteiger partial charge in [-0.05, 0) is 83.5 Å². The molecule has 1 heterocycles. The Morgan fingerprint density at radius 2 is 0.779 bits per heavy atom. The lowest BCUT2D eigenvalue weighted by molar-refractivity contribution is -0.301. The SMILES string of the molecule is CCCCC/C=C\C/C=C\CCCCCCCC(=O)OC(COC(=O)CCCCCCCCCCCCCCCCCCC)COC1OC(C(=O)O)C(O)C(O)C1OC(=O)CCCCCCC/C=C\C/C=C\CCCCC. The number of unbranched alkanes of at least 4 members (excludes halogenated alkanes) is 32. The molecule has 1 rings (SSSR count). The summed E-state index contributed by atoms with van der Waals surface area (Å²) in [5, 5.41) is 31.5. The number of aliphatic hydroxyl groups excluding tert-OH is 2. The second-order valence-corrected chi connectivity index (χ2v) is 21.7. The zero-order chi connectivity index (χ0) is 56.1. The van der Waals surface area contributed by atoms with Crippen LogP contribution >= 0.6 is 0 Å². The first-order chi connectivity index (χ1) is 37.6. The van der Waals surface area contributed by atoms with Crippen molar-refractivity contribution in [2.75, 3.05) is 13.2 Å². The first-order valence-corrected chi connectivity index (χ1v) is 31.6. The number of hydrogen-bond donors (Lipinski definition) is 3. The van der Waals surface area contributed by atoms with Crippen molar-refractivity contribution in [2.45, 2.75) is 327 Å². The highest BCUT2D eigenvalue weighted by atomic mass is 16.7. The van der Waals surface area contributed by atoms with Crippen LogP contribution in [0.5, 0.6) is 0 Å². The number of allylic oxidation sites excluding steroid dienone is 8. The highest BCUT2D eigenvalue weighted by Crippen LogP contribution is 2.27. The second kappa shape index (κ2) is 53.3. The quantitative estimate of drug-likeness (QED) is 0.0228. The monoisotopic (exact) mass is 1090 g/mol. The Hall–Kier alpha value is -3.32. The summed E-state index contributed by atoms with van der Waals surface area (Å²) in [5.74, 6) is -3.13. The number of carboxylic acid groups (broad SMARTS) is 1. The minimum Gasteiger partial charge on any atom is -0.479 e. The minimum absolute atomic E-state index is 0.0443. The fourth-order valence-electron chi connectivity index (χ4n) is 9.49. The lowest BCUT2D eigenvalue weighted by Crippen LogP contribution is -2.61. The maximum absolute atomic E-state index is 13.2. The molecule has 6 unspecified atom stereocenters. The highest BCUT2D eigenvalue weighted by Gasteiger charge is 2.50. The average Bonchev–Trinajstić information content (AvgIpc) is 3.43. The van der Waals surface area contributed by atoms with E-state index in [9.17, 15) is 34.5 Å². The highest BCUT2D eigenvalue weighted by molar-refractivity contribution is 5.74. The van der Waals surface area contributed by atoms with Crippen LogP contribution in [0.25, 0.3) is 0 Å². The van der Waals surface area contributed by atoms with Gasteiger partial charge in [-0.15, -0.1) is 0 Å². The van der Waals surface area contributed by atoms with E-state index < -0.39 is 67.3 Å². The Morgan fingerprint density at radius 1 is 0.429 bits per heavy atom. The molecule has 0 radical (unpaired) electrons. The molecule has 3 N–H and O–H groups in total. The maximum atomic E-state index is 13.2. The van der Waals surface area contributed by atoms with Gasteiger partial charge in [0.25, 0.3) is 0 Å². The number of esters is 3. The fourth-order valence-corrected chi connectivity index (χ4v) is 9.49. The van der Waals surface area contributed by atoms with Gasteiger partial charge in [0.2, 0.25) is 0 Å². The molecule has 12 heteroatoms. The summed E-state index contributed by atoms with van der Waals surface area (Å²) in [7, 11) is 0. The van der Waals surface area contributed by atoms with Crippen molar-refractivity contribution in [2.24, 2.45) is 0 Å². The van der Waals surface area contributed by atoms with Crippen LogP contribution in [0.3, 0.4) is 0 Å². The van der Waals surface area contributed by atoms with Crippen molar-refractivity contribution >= 4 is 23.9 Å². The molecule has 0 amide bonds. The smallest absolute Gasteiger partial charge is 0.335 e. The molecule has 12 nitrogen and oxygen atoms in total. The van der Waals surface area contributed by atoms with E-state index in [2.05, 4.69) is 69.4 Å². The molecule has 0 aromatic rings. The molecular formula is C65H114O12. The number of rotatable bonds is 54. The molecule has 77 heavy (non-hydrogen) atoms. The predicted molar refractivity (Wildman–Crippen MR) is 312 cm³/mol. The molecule has 0 bridgehead atoms. The molecule has 1 saturated heterocycles. The van der Waals surface area contributed by atoms with E-state index in [0.717, 1.165) is 109 Å². The van der Waals surface area contributed by atoms with E-state index in [1.54, 1.807) is 0 Å². The summed E-state index contributed by atoms with van der Waals surface area (Å²) in [6.07, 6.45) is 52.1. The van der Waals surface area contributed by atoms with Gasteiger partial charge >= 0.3 is 23.9 Å². The van der Waals surface area contributed by atoms with Crippen LogP contribution in [0.2, 0.25) is 0 Å². The van der Waals surface area contributed by atoms with Crippen LogP contribution in [0.15, 0.2) is 48.6 Å². The van der Waals surface area contributed by atoms with Gasteiger partial charge in [-0.25, -0.2) is 4.79 Å². The summed E-state index contributed by atoms with van der Waals surface area (Å²) in [6, 6.07) is 0. The largest absolute Gasteiger partial charge is 0.479 e. The fraction of sp³-hybridized carbons (Fsp3) is 0.815. The molecule has 1 aliphatic heterocycles. The van der Waals surface area contributed by atoms with Crippen LogP contribution in [0.4, 0.5) is 0 Å². The van der Waals surface area contributed by atoms with Crippen molar-refractivity contribution in [3.05, 3.63) is 48.6 Å². The number of ether oxygens (including phenoxy) is 5. The van der Waals surface area contributed by atoms with Crippen molar-refractivity contribution < 1.29 is 58.2 Å². The molecule has 0 saturated carbocycles. The van der Waals surface area contributed by atoms with Gasteiger partial charge in [0.1, 0.15) is 18.8 Å². The number of aliphatic carboxylic acids is 1. The van der Waals surface area contributed by atoms with E-state index in [1.807, 2.05) is 0 Å². The molecule has 1 fully saturated rings. The summed E-state index contributed by atoms with van der Waals surface area (Å²) < 4.78 is 28.5. The van der Waals surface area contributed by atoms with E-state index in [-0.39, 0.29) is 25.9 Å². The predicted octanol–water partition coefficient (Wildman–Crippen LogP) is 16.6. The molecule has 0 aromatic carbocycles. The van der Waals surface area contributed by atoms with E-state index >= 15 is 0 Å². The van der Waals surface area contributed by atoms with Crippen LogP contribution < -0.4 is 0 Å². The van der Waals surface area contributed by atoms with Gasteiger partial charge in [-0.1, -0.05) is 236 Å². The zero-order valence-electron chi connectivity index (χ0n) is 49.2. The first kappa shape index (κ1) is 71.7. The molecule has 0 aromatic heterocycles. The van der Waals surface area contributed by atoms with Crippen LogP contribution in [-0.2, 0) is 42.9 Å². The zero-order valence-corrected chi connectivity index (χ0v) is 49.2. The number of hydrogen-bond acceptors (Lipinski definition) is 11. The molecule has 446 valence electrons. The molecule has 0 spiro atoms. The van der Waals surface area contributed by atoms with Crippen molar-refractivity contribution in [1.82, 2.24) is 0 Å². The van der Waals surface area contributed by atoms with Gasteiger partial charge in [0, 0.05) is 19.3 Å². The number of aliphatic hydroxyl groups is 2. The van der Waals surface area contributed by atoms with Gasteiger partial charge in [0.05, 0.1) is 6.61 Å². The van der Waals surface area contributed by atoms with Gasteiger partial charge in [0.15, 0.2) is 24.6 Å². The molecule has 0 aliphatic carbocycles. The average molecular weight is 1090 g/mol. The Labute approximate surface area is 469 Å². The third-order valence-electron chi connectivity index (χ3n) is 14.4. The molecule has 6 atom stereocenters. The van der Waals surface area contributed by atoms with Gasteiger partial charge in [-0.3, -0.25) is 14.4 Å². The third kappa shape index (κ3) is 43.2. The molecular weight excluding hydrogens is 973 g/mol. The van der Waals surface area contributed by atoms with Crippen molar-refractivity contribution in [3.8, 4) is 0 Å². The number of carbonyl (C=O) groups excluding carboxylic acids is 3. The molecule has 1 aliphatic rings. The normalized spacial score (nSPS) is 18.3. The Balaban J connectivity index is 2.68. The summed E-state index contributed by atoms with van der Waals surface area (Å²) >= 11 is 0. The first-order valence-electron chi connectivity index (χ1n) is 31.6. The Bertz CT molecular complexity index is 1520. The lowest BCUT2D eigenvalue weighted by Gasteiger charge is -2.40.